The molecule has 0 N–H and O–H groups in total. The van der Waals surface area contributed by atoms with Gasteiger partial charge in [0.2, 0.25) is 0 Å². The third kappa shape index (κ3) is 3.84. The summed E-state index contributed by atoms with van der Waals surface area (Å²) in [5.41, 5.74) is 1.91. The Morgan fingerprint density at radius 3 is 2.57 bits per heavy atom. The maximum absolute atomic E-state index is 12.5. The second-order valence-electron chi connectivity index (χ2n) is 5.39. The first-order chi connectivity index (χ1) is 10.2. The molecule has 0 aliphatic carbocycles. The minimum absolute atomic E-state index is 0.00616. The van der Waals surface area contributed by atoms with Crippen LogP contribution in [0.3, 0.4) is 0 Å². The normalized spacial score (nSPS) is 18.4. The summed E-state index contributed by atoms with van der Waals surface area (Å²) >= 11 is 0. The summed E-state index contributed by atoms with van der Waals surface area (Å²) in [6.45, 7) is 5.46. The second-order valence-corrected chi connectivity index (χ2v) is 5.39. The molecule has 0 spiro atoms. The van der Waals surface area contributed by atoms with Crippen LogP contribution in [0.25, 0.3) is 0 Å². The van der Waals surface area contributed by atoms with Crippen molar-refractivity contribution in [2.75, 3.05) is 19.7 Å². The van der Waals surface area contributed by atoms with E-state index < -0.39 is 0 Å². The number of ether oxygens (including phenoxy) is 1. The average Bonchev–Trinajstić information content (AvgIpc) is 2.54. The molecule has 0 bridgehead atoms. The highest BCUT2D eigenvalue weighted by Crippen LogP contribution is 2.20. The number of carbonyl (C=O) groups is 2. The van der Waals surface area contributed by atoms with Crippen LogP contribution in [0.4, 0.5) is 0 Å². The van der Waals surface area contributed by atoms with E-state index in [4.69, 9.17) is 4.74 Å². The number of rotatable bonds is 4. The van der Waals surface area contributed by atoms with Crippen molar-refractivity contribution < 1.29 is 14.3 Å². The van der Waals surface area contributed by atoms with Gasteiger partial charge in [-0.3, -0.25) is 9.59 Å². The lowest BCUT2D eigenvalue weighted by molar-refractivity contribution is -0.149. The highest BCUT2D eigenvalue weighted by atomic mass is 16.5. The Morgan fingerprint density at radius 2 is 1.95 bits per heavy atom. The number of carbonyl (C=O) groups excluding carboxylic acids is 2. The Labute approximate surface area is 126 Å². The number of amides is 1. The van der Waals surface area contributed by atoms with Crippen LogP contribution >= 0.6 is 0 Å². The van der Waals surface area contributed by atoms with Gasteiger partial charge in [0, 0.05) is 18.7 Å². The van der Waals surface area contributed by atoms with Gasteiger partial charge in [-0.05, 0) is 43.9 Å². The fourth-order valence-corrected chi connectivity index (χ4v) is 2.68. The van der Waals surface area contributed by atoms with Crippen LogP contribution in [0.15, 0.2) is 24.3 Å². The van der Waals surface area contributed by atoms with E-state index in [-0.39, 0.29) is 17.8 Å². The van der Waals surface area contributed by atoms with Crippen molar-refractivity contribution in [2.45, 2.75) is 33.1 Å². The zero-order chi connectivity index (χ0) is 15.2. The number of esters is 1. The predicted molar refractivity (Wildman–Crippen MR) is 81.1 cm³/mol. The Morgan fingerprint density at radius 1 is 1.24 bits per heavy atom. The predicted octanol–water partition coefficient (Wildman–Crippen LogP) is 2.66. The van der Waals surface area contributed by atoms with E-state index in [1.165, 1.54) is 5.56 Å². The summed E-state index contributed by atoms with van der Waals surface area (Å²) in [7, 11) is 0. The highest BCUT2D eigenvalue weighted by molar-refractivity contribution is 5.94. The molecule has 1 atom stereocenters. The monoisotopic (exact) mass is 289 g/mol. The van der Waals surface area contributed by atoms with Crippen LogP contribution < -0.4 is 0 Å². The Balaban J connectivity index is 2.02. The van der Waals surface area contributed by atoms with Crippen molar-refractivity contribution in [1.29, 1.82) is 0 Å². The fraction of sp³-hybridized carbons (Fsp3) is 0.529. The van der Waals surface area contributed by atoms with E-state index in [1.807, 2.05) is 24.3 Å². The fourth-order valence-electron chi connectivity index (χ4n) is 2.68. The molecule has 114 valence electrons. The molecule has 1 aromatic rings. The second kappa shape index (κ2) is 7.25. The molecule has 1 amide bonds. The molecule has 4 nitrogen and oxygen atoms in total. The third-order valence-electron chi connectivity index (χ3n) is 3.94. The summed E-state index contributed by atoms with van der Waals surface area (Å²) in [6.07, 6.45) is 2.61. The quantitative estimate of drug-likeness (QED) is 0.801. The van der Waals surface area contributed by atoms with Gasteiger partial charge in [0.1, 0.15) is 0 Å². The van der Waals surface area contributed by atoms with Crippen molar-refractivity contribution in [1.82, 2.24) is 4.90 Å². The van der Waals surface area contributed by atoms with Crippen molar-refractivity contribution in [2.24, 2.45) is 5.92 Å². The molecule has 1 saturated heterocycles. The standard InChI is InChI=1S/C17H23NO3/c1-3-13-7-9-14(10-8-13)16(19)18-11-5-6-15(12-18)17(20)21-4-2/h7-10,15H,3-6,11-12H2,1-2H3/t15-/m1/s1. The molecule has 1 aliphatic rings. The van der Waals surface area contributed by atoms with E-state index in [0.717, 1.165) is 19.3 Å². The van der Waals surface area contributed by atoms with Crippen LogP contribution in [0.2, 0.25) is 0 Å². The maximum atomic E-state index is 12.5. The zero-order valence-corrected chi connectivity index (χ0v) is 12.8. The lowest BCUT2D eigenvalue weighted by atomic mass is 9.97. The van der Waals surface area contributed by atoms with E-state index in [0.29, 0.717) is 25.3 Å². The number of hydrogen-bond donors (Lipinski definition) is 0. The maximum Gasteiger partial charge on any atom is 0.310 e. The molecule has 0 radical (unpaired) electrons. The van der Waals surface area contributed by atoms with Gasteiger partial charge in [-0.25, -0.2) is 0 Å². The Kier molecular flexibility index (Phi) is 5.37. The van der Waals surface area contributed by atoms with Gasteiger partial charge >= 0.3 is 5.97 Å². The summed E-state index contributed by atoms with van der Waals surface area (Å²) in [5.74, 6) is -0.361. The molecule has 4 heteroatoms. The van der Waals surface area contributed by atoms with E-state index in [9.17, 15) is 9.59 Å². The van der Waals surface area contributed by atoms with Gasteiger partial charge in [0.25, 0.3) is 5.91 Å². The minimum Gasteiger partial charge on any atom is -0.466 e. The minimum atomic E-state index is -0.184. The number of nitrogens with zero attached hydrogens (tertiary/aromatic N) is 1. The van der Waals surface area contributed by atoms with Crippen molar-refractivity contribution in [3.8, 4) is 0 Å². The van der Waals surface area contributed by atoms with Crippen molar-refractivity contribution in [3.05, 3.63) is 35.4 Å². The molecule has 1 aliphatic heterocycles. The zero-order valence-electron chi connectivity index (χ0n) is 12.8. The SMILES string of the molecule is CCOC(=O)[C@@H]1CCCN(C(=O)c2ccc(CC)cc2)C1. The molecule has 1 heterocycles. The molecule has 1 fully saturated rings. The first kappa shape index (κ1) is 15.5. The average molecular weight is 289 g/mol. The molecule has 0 unspecified atom stereocenters. The van der Waals surface area contributed by atoms with Crippen LogP contribution in [-0.4, -0.2) is 36.5 Å². The number of hydrogen-bond acceptors (Lipinski definition) is 3. The highest BCUT2D eigenvalue weighted by Gasteiger charge is 2.29. The molecule has 0 saturated carbocycles. The molecule has 0 aromatic heterocycles. The molecule has 1 aromatic carbocycles. The van der Waals surface area contributed by atoms with Crippen LogP contribution in [0.5, 0.6) is 0 Å². The third-order valence-corrected chi connectivity index (χ3v) is 3.94. The number of benzene rings is 1. The first-order valence-electron chi connectivity index (χ1n) is 7.70. The summed E-state index contributed by atoms with van der Waals surface area (Å²) in [5, 5.41) is 0. The number of aryl methyl sites for hydroxylation is 1. The molecular formula is C17H23NO3. The molecule has 21 heavy (non-hydrogen) atoms. The Bertz CT molecular complexity index is 495. The molecule has 2 rings (SSSR count). The number of likely N-dealkylation sites (tertiary alicyclic amines) is 1. The van der Waals surface area contributed by atoms with Crippen LogP contribution in [0.1, 0.15) is 42.6 Å². The van der Waals surface area contributed by atoms with E-state index in [2.05, 4.69) is 6.92 Å². The largest absolute Gasteiger partial charge is 0.466 e. The topological polar surface area (TPSA) is 46.6 Å². The van der Waals surface area contributed by atoms with Crippen LogP contribution in [-0.2, 0) is 16.0 Å². The molecular weight excluding hydrogens is 266 g/mol. The Hall–Kier alpha value is -1.84. The van der Waals surface area contributed by atoms with Gasteiger partial charge in [-0.15, -0.1) is 0 Å². The summed E-state index contributed by atoms with van der Waals surface area (Å²) < 4.78 is 5.07. The number of piperidine rings is 1. The summed E-state index contributed by atoms with van der Waals surface area (Å²) in [6, 6.07) is 7.71. The van der Waals surface area contributed by atoms with Gasteiger partial charge < -0.3 is 9.64 Å². The van der Waals surface area contributed by atoms with E-state index >= 15 is 0 Å². The van der Waals surface area contributed by atoms with Gasteiger partial charge in [-0.2, -0.15) is 0 Å². The smallest absolute Gasteiger partial charge is 0.310 e. The lowest BCUT2D eigenvalue weighted by Gasteiger charge is -2.31. The van der Waals surface area contributed by atoms with Crippen molar-refractivity contribution in [3.63, 3.8) is 0 Å². The van der Waals surface area contributed by atoms with Gasteiger partial charge in [0.05, 0.1) is 12.5 Å². The summed E-state index contributed by atoms with van der Waals surface area (Å²) in [4.78, 5) is 26.1. The van der Waals surface area contributed by atoms with Gasteiger partial charge in [-0.1, -0.05) is 19.1 Å². The lowest BCUT2D eigenvalue weighted by Crippen LogP contribution is -2.42. The first-order valence-corrected chi connectivity index (χ1v) is 7.70. The van der Waals surface area contributed by atoms with E-state index in [1.54, 1.807) is 11.8 Å². The van der Waals surface area contributed by atoms with Crippen LogP contribution in [0, 0.1) is 5.92 Å². The van der Waals surface area contributed by atoms with Crippen molar-refractivity contribution >= 4 is 11.9 Å². The van der Waals surface area contributed by atoms with Gasteiger partial charge in [0.15, 0.2) is 0 Å².